The normalized spacial score (nSPS) is 16.1. The Morgan fingerprint density at radius 1 is 1.22 bits per heavy atom. The van der Waals surface area contributed by atoms with Gasteiger partial charge in [-0.15, -0.1) is 0 Å². The molecule has 1 aliphatic heterocycles. The third-order valence-corrected chi connectivity index (χ3v) is 4.65. The first kappa shape index (κ1) is 15.7. The van der Waals surface area contributed by atoms with Gasteiger partial charge in [0, 0.05) is 16.2 Å². The highest BCUT2D eigenvalue weighted by Crippen LogP contribution is 2.32. The topological polar surface area (TPSA) is 49.4 Å². The van der Waals surface area contributed by atoms with E-state index in [1.807, 2.05) is 50.2 Å². The van der Waals surface area contributed by atoms with Crippen LogP contribution in [0.15, 0.2) is 46.9 Å². The van der Waals surface area contributed by atoms with Crippen molar-refractivity contribution in [3.63, 3.8) is 0 Å². The largest absolute Gasteiger partial charge is 0.317 e. The molecule has 23 heavy (non-hydrogen) atoms. The molecule has 2 aromatic rings. The van der Waals surface area contributed by atoms with Crippen LogP contribution in [0.25, 0.3) is 0 Å². The molecule has 0 bridgehead atoms. The Morgan fingerprint density at radius 2 is 1.96 bits per heavy atom. The number of amides is 2. The number of aryl methyl sites for hydroxylation is 1. The van der Waals surface area contributed by atoms with E-state index in [0.717, 1.165) is 27.7 Å². The molecule has 2 amide bonds. The van der Waals surface area contributed by atoms with E-state index >= 15 is 0 Å². The summed E-state index contributed by atoms with van der Waals surface area (Å²) in [6.07, 6.45) is 0.767. The molecule has 118 valence electrons. The summed E-state index contributed by atoms with van der Waals surface area (Å²) in [5, 5.41) is 2.69. The Labute approximate surface area is 143 Å². The van der Waals surface area contributed by atoms with E-state index in [-0.39, 0.29) is 6.04 Å². The lowest BCUT2D eigenvalue weighted by atomic mass is 10.1. The highest BCUT2D eigenvalue weighted by molar-refractivity contribution is 9.10. The van der Waals surface area contributed by atoms with Crippen molar-refractivity contribution in [2.24, 2.45) is 0 Å². The minimum absolute atomic E-state index is 0.0212. The van der Waals surface area contributed by atoms with Crippen molar-refractivity contribution in [3.05, 3.63) is 58.1 Å². The number of nitrogens with one attached hydrogen (secondary N) is 1. The highest BCUT2D eigenvalue weighted by Gasteiger charge is 2.34. The molecule has 0 saturated carbocycles. The first-order valence-corrected chi connectivity index (χ1v) is 8.25. The number of halogens is 1. The molecular weight excluding hydrogens is 356 g/mol. The summed E-state index contributed by atoms with van der Waals surface area (Å²) in [6, 6.07) is 13.2. The SMILES string of the molecule is Cc1ccc(NC(=O)C(=O)N2c3ccccc3CC2C)c(Br)c1. The van der Waals surface area contributed by atoms with Gasteiger partial charge in [0.15, 0.2) is 0 Å². The van der Waals surface area contributed by atoms with Crippen LogP contribution >= 0.6 is 15.9 Å². The number of benzene rings is 2. The summed E-state index contributed by atoms with van der Waals surface area (Å²) in [7, 11) is 0. The summed E-state index contributed by atoms with van der Waals surface area (Å²) >= 11 is 3.41. The van der Waals surface area contributed by atoms with Crippen LogP contribution in [0.5, 0.6) is 0 Å². The van der Waals surface area contributed by atoms with E-state index in [4.69, 9.17) is 0 Å². The van der Waals surface area contributed by atoms with Gasteiger partial charge in [0.2, 0.25) is 0 Å². The molecule has 1 aliphatic rings. The summed E-state index contributed by atoms with van der Waals surface area (Å²) in [6.45, 7) is 3.91. The molecule has 1 atom stereocenters. The van der Waals surface area contributed by atoms with Crippen molar-refractivity contribution in [1.29, 1.82) is 0 Å². The maximum atomic E-state index is 12.6. The van der Waals surface area contributed by atoms with E-state index in [1.54, 1.807) is 11.0 Å². The molecule has 0 saturated heterocycles. The maximum absolute atomic E-state index is 12.6. The van der Waals surface area contributed by atoms with Gasteiger partial charge in [-0.3, -0.25) is 9.59 Å². The number of carbonyl (C=O) groups excluding carboxylic acids is 2. The number of anilines is 2. The van der Waals surface area contributed by atoms with Crippen LogP contribution in [0.2, 0.25) is 0 Å². The average molecular weight is 373 g/mol. The Hall–Kier alpha value is -2.14. The quantitative estimate of drug-likeness (QED) is 0.776. The van der Waals surface area contributed by atoms with Crippen LogP contribution in [-0.2, 0) is 16.0 Å². The molecular formula is C18H17BrN2O2. The molecule has 0 aliphatic carbocycles. The van der Waals surface area contributed by atoms with Crippen molar-refractivity contribution < 1.29 is 9.59 Å². The predicted octanol–water partition coefficient (Wildman–Crippen LogP) is 3.67. The Bertz CT molecular complexity index is 788. The number of para-hydroxylation sites is 1. The molecule has 0 radical (unpaired) electrons. The van der Waals surface area contributed by atoms with Gasteiger partial charge in [0.1, 0.15) is 0 Å². The number of hydrogen-bond donors (Lipinski definition) is 1. The minimum Gasteiger partial charge on any atom is -0.317 e. The van der Waals surface area contributed by atoms with E-state index < -0.39 is 11.8 Å². The third kappa shape index (κ3) is 3.01. The fourth-order valence-corrected chi connectivity index (χ4v) is 3.47. The third-order valence-electron chi connectivity index (χ3n) is 3.99. The summed E-state index contributed by atoms with van der Waals surface area (Å²) in [5.41, 5.74) is 3.58. The van der Waals surface area contributed by atoms with Gasteiger partial charge >= 0.3 is 11.8 Å². The number of carbonyl (C=O) groups is 2. The summed E-state index contributed by atoms with van der Waals surface area (Å²) < 4.78 is 0.758. The summed E-state index contributed by atoms with van der Waals surface area (Å²) in [5.74, 6) is -1.16. The van der Waals surface area contributed by atoms with Gasteiger partial charge in [-0.1, -0.05) is 24.3 Å². The molecule has 1 heterocycles. The van der Waals surface area contributed by atoms with Gasteiger partial charge in [-0.05, 0) is 65.5 Å². The van der Waals surface area contributed by atoms with Crippen molar-refractivity contribution in [3.8, 4) is 0 Å². The molecule has 1 unspecified atom stereocenters. The molecule has 0 spiro atoms. The second kappa shape index (κ2) is 6.16. The second-order valence-corrected chi connectivity index (χ2v) is 6.65. The molecule has 0 aromatic heterocycles. The molecule has 4 nitrogen and oxygen atoms in total. The van der Waals surface area contributed by atoms with E-state index in [2.05, 4.69) is 21.2 Å². The number of nitrogens with zero attached hydrogens (tertiary/aromatic N) is 1. The van der Waals surface area contributed by atoms with Gasteiger partial charge in [0.25, 0.3) is 0 Å². The second-order valence-electron chi connectivity index (χ2n) is 5.79. The zero-order valence-electron chi connectivity index (χ0n) is 13.0. The first-order chi connectivity index (χ1) is 11.0. The minimum atomic E-state index is -0.627. The van der Waals surface area contributed by atoms with E-state index in [9.17, 15) is 9.59 Å². The molecule has 1 N–H and O–H groups in total. The fraction of sp³-hybridized carbons (Fsp3) is 0.222. The Morgan fingerprint density at radius 3 is 2.70 bits per heavy atom. The fourth-order valence-electron chi connectivity index (χ4n) is 2.88. The van der Waals surface area contributed by atoms with Crippen molar-refractivity contribution in [2.75, 3.05) is 10.2 Å². The lowest BCUT2D eigenvalue weighted by Gasteiger charge is -2.22. The zero-order chi connectivity index (χ0) is 16.6. The molecule has 2 aromatic carbocycles. The van der Waals surface area contributed by atoms with Gasteiger partial charge in [0.05, 0.1) is 5.69 Å². The summed E-state index contributed by atoms with van der Waals surface area (Å²) in [4.78, 5) is 26.5. The lowest BCUT2D eigenvalue weighted by molar-refractivity contribution is -0.134. The maximum Gasteiger partial charge on any atom is 0.316 e. The standard InChI is InChI=1S/C18H17BrN2O2/c1-11-7-8-15(14(19)9-11)20-17(22)18(23)21-12(2)10-13-5-3-4-6-16(13)21/h3-9,12H,10H2,1-2H3,(H,20,22). The van der Waals surface area contributed by atoms with Crippen LogP contribution in [0.1, 0.15) is 18.1 Å². The number of rotatable bonds is 1. The van der Waals surface area contributed by atoms with Crippen LogP contribution in [0.4, 0.5) is 11.4 Å². The van der Waals surface area contributed by atoms with Crippen LogP contribution < -0.4 is 10.2 Å². The Kier molecular flexibility index (Phi) is 4.22. The monoisotopic (exact) mass is 372 g/mol. The number of hydrogen-bond acceptors (Lipinski definition) is 2. The number of fused-ring (bicyclic) bond motifs is 1. The van der Waals surface area contributed by atoms with Crippen molar-refractivity contribution in [1.82, 2.24) is 0 Å². The van der Waals surface area contributed by atoms with Crippen molar-refractivity contribution in [2.45, 2.75) is 26.3 Å². The van der Waals surface area contributed by atoms with E-state index in [1.165, 1.54) is 0 Å². The van der Waals surface area contributed by atoms with Gasteiger partial charge in [-0.25, -0.2) is 0 Å². The van der Waals surface area contributed by atoms with Crippen molar-refractivity contribution >= 4 is 39.1 Å². The first-order valence-electron chi connectivity index (χ1n) is 7.46. The Balaban J connectivity index is 1.82. The zero-order valence-corrected chi connectivity index (χ0v) is 14.6. The van der Waals surface area contributed by atoms with Crippen LogP contribution in [0.3, 0.4) is 0 Å². The lowest BCUT2D eigenvalue weighted by Crippen LogP contribution is -2.43. The molecule has 3 rings (SSSR count). The average Bonchev–Trinajstić information content (AvgIpc) is 2.85. The predicted molar refractivity (Wildman–Crippen MR) is 94.6 cm³/mol. The molecule has 0 fully saturated rings. The van der Waals surface area contributed by atoms with Crippen LogP contribution in [0, 0.1) is 6.92 Å². The van der Waals surface area contributed by atoms with E-state index in [0.29, 0.717) is 5.69 Å². The van der Waals surface area contributed by atoms with Gasteiger partial charge in [-0.2, -0.15) is 0 Å². The smallest absolute Gasteiger partial charge is 0.316 e. The highest BCUT2D eigenvalue weighted by atomic mass is 79.9. The van der Waals surface area contributed by atoms with Gasteiger partial charge < -0.3 is 10.2 Å². The molecule has 5 heteroatoms. The van der Waals surface area contributed by atoms with Crippen LogP contribution in [-0.4, -0.2) is 17.9 Å².